The summed E-state index contributed by atoms with van der Waals surface area (Å²) in [6.07, 6.45) is 1.07. The number of nitrogens with one attached hydrogen (secondary N) is 2. The number of methoxy groups -OCH3 is 1. The first-order valence-electron chi connectivity index (χ1n) is 8.37. The zero-order valence-corrected chi connectivity index (χ0v) is 15.4. The molecule has 1 aromatic rings. The van der Waals surface area contributed by atoms with E-state index in [1.807, 2.05) is 12.1 Å². The van der Waals surface area contributed by atoms with E-state index in [1.54, 1.807) is 7.11 Å². The number of rotatable bonds is 8. The number of benzene rings is 1. The molecule has 0 amide bonds. The van der Waals surface area contributed by atoms with Crippen molar-refractivity contribution in [1.29, 1.82) is 0 Å². The SMILES string of the molecule is CCNC(=NCC(c1ccc(OC)cc1)N(C)C)NC(C)CC. The highest BCUT2D eigenvalue weighted by Gasteiger charge is 2.14. The van der Waals surface area contributed by atoms with Crippen LogP contribution in [0.15, 0.2) is 29.3 Å². The van der Waals surface area contributed by atoms with Gasteiger partial charge in [-0.1, -0.05) is 19.1 Å². The highest BCUT2D eigenvalue weighted by molar-refractivity contribution is 5.80. The number of likely N-dealkylation sites (N-methyl/N-ethyl adjacent to an activating group) is 1. The Morgan fingerprint density at radius 2 is 1.87 bits per heavy atom. The molecule has 0 bridgehead atoms. The van der Waals surface area contributed by atoms with Crippen LogP contribution < -0.4 is 15.4 Å². The molecular formula is C18H32N4O. The fourth-order valence-corrected chi connectivity index (χ4v) is 2.23. The largest absolute Gasteiger partial charge is 0.497 e. The minimum atomic E-state index is 0.230. The lowest BCUT2D eigenvalue weighted by atomic mass is 10.1. The van der Waals surface area contributed by atoms with Gasteiger partial charge in [-0.2, -0.15) is 0 Å². The fourth-order valence-electron chi connectivity index (χ4n) is 2.23. The van der Waals surface area contributed by atoms with Crippen LogP contribution >= 0.6 is 0 Å². The normalized spacial score (nSPS) is 14.5. The van der Waals surface area contributed by atoms with Gasteiger partial charge in [0.15, 0.2) is 5.96 Å². The number of hydrogen-bond acceptors (Lipinski definition) is 3. The van der Waals surface area contributed by atoms with Crippen LogP contribution in [0.5, 0.6) is 5.75 Å². The van der Waals surface area contributed by atoms with Crippen molar-refractivity contribution in [3.8, 4) is 5.75 Å². The maximum Gasteiger partial charge on any atom is 0.191 e. The number of hydrogen-bond donors (Lipinski definition) is 2. The molecule has 23 heavy (non-hydrogen) atoms. The molecule has 5 heteroatoms. The van der Waals surface area contributed by atoms with Gasteiger partial charge >= 0.3 is 0 Å². The van der Waals surface area contributed by atoms with Crippen LogP contribution in [0.3, 0.4) is 0 Å². The van der Waals surface area contributed by atoms with Crippen molar-refractivity contribution in [2.24, 2.45) is 4.99 Å². The van der Waals surface area contributed by atoms with Gasteiger partial charge in [0.25, 0.3) is 0 Å². The van der Waals surface area contributed by atoms with Crippen LogP contribution in [0.1, 0.15) is 38.8 Å². The molecule has 1 aromatic carbocycles. The van der Waals surface area contributed by atoms with Gasteiger partial charge in [-0.05, 0) is 52.1 Å². The molecule has 2 unspecified atom stereocenters. The Labute approximate surface area is 141 Å². The minimum Gasteiger partial charge on any atom is -0.497 e. The zero-order chi connectivity index (χ0) is 17.2. The average molecular weight is 320 g/mol. The predicted octanol–water partition coefficient (Wildman–Crippen LogP) is 2.65. The van der Waals surface area contributed by atoms with Crippen molar-refractivity contribution in [3.63, 3.8) is 0 Å². The number of aliphatic imine (C=N–C) groups is 1. The zero-order valence-electron chi connectivity index (χ0n) is 15.4. The molecule has 0 saturated carbocycles. The second-order valence-electron chi connectivity index (χ2n) is 5.93. The average Bonchev–Trinajstić information content (AvgIpc) is 2.55. The molecule has 0 heterocycles. The predicted molar refractivity (Wildman–Crippen MR) is 98.3 cm³/mol. The van der Waals surface area contributed by atoms with E-state index in [2.05, 4.69) is 62.5 Å². The van der Waals surface area contributed by atoms with E-state index >= 15 is 0 Å². The Bertz CT molecular complexity index is 470. The van der Waals surface area contributed by atoms with Gasteiger partial charge in [-0.3, -0.25) is 4.99 Å². The highest BCUT2D eigenvalue weighted by atomic mass is 16.5. The van der Waals surface area contributed by atoms with Crippen molar-refractivity contribution < 1.29 is 4.74 Å². The third-order valence-corrected chi connectivity index (χ3v) is 3.89. The second kappa shape index (κ2) is 10.1. The lowest BCUT2D eigenvalue weighted by Crippen LogP contribution is -2.42. The topological polar surface area (TPSA) is 48.9 Å². The van der Waals surface area contributed by atoms with Gasteiger partial charge in [0, 0.05) is 12.6 Å². The molecular weight excluding hydrogens is 288 g/mol. The van der Waals surface area contributed by atoms with Crippen LogP contribution in [0.25, 0.3) is 0 Å². The van der Waals surface area contributed by atoms with Crippen molar-refractivity contribution in [2.75, 3.05) is 34.3 Å². The maximum atomic E-state index is 5.23. The maximum absolute atomic E-state index is 5.23. The van der Waals surface area contributed by atoms with Gasteiger partial charge in [0.1, 0.15) is 5.75 Å². The van der Waals surface area contributed by atoms with Gasteiger partial charge in [0.2, 0.25) is 0 Å². The van der Waals surface area contributed by atoms with Gasteiger partial charge in [-0.15, -0.1) is 0 Å². The molecule has 2 atom stereocenters. The lowest BCUT2D eigenvalue weighted by molar-refractivity contribution is 0.306. The molecule has 2 N–H and O–H groups in total. The molecule has 0 aliphatic heterocycles. The summed E-state index contributed by atoms with van der Waals surface area (Å²) in [6.45, 7) is 7.98. The molecule has 5 nitrogen and oxygen atoms in total. The van der Waals surface area contributed by atoms with Crippen LogP contribution in [0, 0.1) is 0 Å². The van der Waals surface area contributed by atoms with E-state index in [4.69, 9.17) is 9.73 Å². The molecule has 0 saturated heterocycles. The number of ether oxygens (including phenoxy) is 1. The van der Waals surface area contributed by atoms with Gasteiger partial charge in [0.05, 0.1) is 19.7 Å². The third kappa shape index (κ3) is 6.48. The van der Waals surface area contributed by atoms with Crippen molar-refractivity contribution >= 4 is 5.96 Å². The first-order valence-corrected chi connectivity index (χ1v) is 8.37. The first kappa shape index (κ1) is 19.3. The summed E-state index contributed by atoms with van der Waals surface area (Å²) in [6, 6.07) is 8.85. The van der Waals surface area contributed by atoms with Gasteiger partial charge in [-0.25, -0.2) is 0 Å². The molecule has 1 rings (SSSR count). The Kier molecular flexibility index (Phi) is 8.48. The standard InChI is InChI=1S/C18H32N4O/c1-7-14(3)21-18(19-8-2)20-13-17(22(4)5)15-9-11-16(23-6)12-10-15/h9-12,14,17H,7-8,13H2,1-6H3,(H2,19,20,21). The van der Waals surface area contributed by atoms with Crippen LogP contribution in [-0.2, 0) is 0 Å². The number of guanidine groups is 1. The monoisotopic (exact) mass is 320 g/mol. The quantitative estimate of drug-likeness (QED) is 0.571. The Morgan fingerprint density at radius 1 is 1.22 bits per heavy atom. The summed E-state index contributed by atoms with van der Waals surface area (Å²) in [5, 5.41) is 6.74. The number of nitrogens with zero attached hydrogens (tertiary/aromatic N) is 2. The summed E-state index contributed by atoms with van der Waals surface area (Å²) in [5.41, 5.74) is 1.24. The summed E-state index contributed by atoms with van der Waals surface area (Å²) in [7, 11) is 5.85. The molecule has 0 aliphatic carbocycles. The Balaban J connectivity index is 2.85. The smallest absolute Gasteiger partial charge is 0.191 e. The van der Waals surface area contributed by atoms with Crippen molar-refractivity contribution in [2.45, 2.75) is 39.3 Å². The van der Waals surface area contributed by atoms with E-state index in [0.717, 1.165) is 24.7 Å². The van der Waals surface area contributed by atoms with Crippen LogP contribution in [0.4, 0.5) is 0 Å². The third-order valence-electron chi connectivity index (χ3n) is 3.89. The highest BCUT2D eigenvalue weighted by Crippen LogP contribution is 2.21. The van der Waals surface area contributed by atoms with Crippen LogP contribution in [0.2, 0.25) is 0 Å². The second-order valence-corrected chi connectivity index (χ2v) is 5.93. The van der Waals surface area contributed by atoms with Crippen molar-refractivity contribution in [1.82, 2.24) is 15.5 Å². The van der Waals surface area contributed by atoms with E-state index in [0.29, 0.717) is 12.6 Å². The van der Waals surface area contributed by atoms with E-state index < -0.39 is 0 Å². The molecule has 0 aliphatic rings. The molecule has 0 radical (unpaired) electrons. The van der Waals surface area contributed by atoms with Crippen LogP contribution in [-0.4, -0.2) is 51.2 Å². The minimum absolute atomic E-state index is 0.230. The lowest BCUT2D eigenvalue weighted by Gasteiger charge is -2.24. The molecule has 130 valence electrons. The van der Waals surface area contributed by atoms with E-state index in [-0.39, 0.29) is 6.04 Å². The van der Waals surface area contributed by atoms with E-state index in [1.165, 1.54) is 5.56 Å². The van der Waals surface area contributed by atoms with E-state index in [9.17, 15) is 0 Å². The Morgan fingerprint density at radius 3 is 2.35 bits per heavy atom. The molecule has 0 aromatic heterocycles. The molecule has 0 fully saturated rings. The fraction of sp³-hybridized carbons (Fsp3) is 0.611. The van der Waals surface area contributed by atoms with Crippen molar-refractivity contribution in [3.05, 3.63) is 29.8 Å². The molecule has 0 spiro atoms. The summed E-state index contributed by atoms with van der Waals surface area (Å²) in [5.74, 6) is 1.75. The summed E-state index contributed by atoms with van der Waals surface area (Å²) >= 11 is 0. The first-order chi connectivity index (χ1) is 11.0. The summed E-state index contributed by atoms with van der Waals surface area (Å²) < 4.78 is 5.23. The Hall–Kier alpha value is -1.75. The summed E-state index contributed by atoms with van der Waals surface area (Å²) in [4.78, 5) is 6.96. The van der Waals surface area contributed by atoms with Gasteiger partial charge < -0.3 is 20.3 Å².